The Morgan fingerprint density at radius 3 is 3.10 bits per heavy atom. The highest BCUT2D eigenvalue weighted by molar-refractivity contribution is 5.16. The van der Waals surface area contributed by atoms with Crippen molar-refractivity contribution in [3.8, 4) is 5.88 Å². The lowest BCUT2D eigenvalue weighted by molar-refractivity contribution is -0.193. The predicted octanol–water partition coefficient (Wildman–Crippen LogP) is 2.38. The van der Waals surface area contributed by atoms with Gasteiger partial charge < -0.3 is 14.8 Å². The fourth-order valence-electron chi connectivity index (χ4n) is 3.82. The summed E-state index contributed by atoms with van der Waals surface area (Å²) in [7, 11) is 1.65. The largest absolute Gasteiger partial charge is 0.481 e. The van der Waals surface area contributed by atoms with Crippen LogP contribution in [0, 0.1) is 11.3 Å². The van der Waals surface area contributed by atoms with Crippen LogP contribution in [0.15, 0.2) is 18.2 Å². The second-order valence-corrected chi connectivity index (χ2v) is 6.45. The Kier molecular flexibility index (Phi) is 3.69. The number of nitrogens with one attached hydrogen (secondary N) is 1. The molecule has 0 aromatic carbocycles. The highest BCUT2D eigenvalue weighted by Gasteiger charge is 2.57. The lowest BCUT2D eigenvalue weighted by atomic mass is 9.55. The molecule has 1 saturated carbocycles. The van der Waals surface area contributed by atoms with E-state index in [1.807, 2.05) is 18.2 Å². The van der Waals surface area contributed by atoms with Gasteiger partial charge in [-0.25, -0.2) is 4.98 Å². The first-order valence-corrected chi connectivity index (χ1v) is 7.48. The zero-order valence-corrected chi connectivity index (χ0v) is 12.6. The Hall–Kier alpha value is -1.13. The van der Waals surface area contributed by atoms with Gasteiger partial charge in [-0.1, -0.05) is 19.9 Å². The number of hydrogen-bond acceptors (Lipinski definition) is 4. The van der Waals surface area contributed by atoms with E-state index < -0.39 is 0 Å². The number of methoxy groups -OCH3 is 1. The van der Waals surface area contributed by atoms with Gasteiger partial charge in [0, 0.05) is 36.6 Å². The zero-order valence-electron chi connectivity index (χ0n) is 12.6. The molecule has 0 amide bonds. The van der Waals surface area contributed by atoms with Crippen LogP contribution in [0.1, 0.15) is 32.4 Å². The molecule has 2 aliphatic rings. The number of fused-ring (bicyclic) bond motifs is 1. The zero-order chi connectivity index (χ0) is 14.2. The van der Waals surface area contributed by atoms with Crippen LogP contribution in [0.4, 0.5) is 0 Å². The van der Waals surface area contributed by atoms with Crippen LogP contribution in [0.25, 0.3) is 0 Å². The molecule has 1 aliphatic heterocycles. The first-order chi connectivity index (χ1) is 9.63. The van der Waals surface area contributed by atoms with Crippen molar-refractivity contribution in [1.82, 2.24) is 10.3 Å². The molecule has 1 aromatic rings. The number of ether oxygens (including phenoxy) is 2. The molecule has 3 rings (SSSR count). The fraction of sp³-hybridized carbons (Fsp3) is 0.688. The van der Waals surface area contributed by atoms with E-state index in [2.05, 4.69) is 24.1 Å². The molecule has 0 spiro atoms. The van der Waals surface area contributed by atoms with E-state index in [0.717, 1.165) is 18.8 Å². The SMILES string of the molecule is COc1cccc(CN[C@@H]2[C@@H]3CCCO[C@H]3C2(C)C)n1. The highest BCUT2D eigenvalue weighted by atomic mass is 16.5. The van der Waals surface area contributed by atoms with Gasteiger partial charge in [0.25, 0.3) is 0 Å². The van der Waals surface area contributed by atoms with E-state index in [9.17, 15) is 0 Å². The molecule has 2 heterocycles. The van der Waals surface area contributed by atoms with Gasteiger partial charge in [-0.05, 0) is 18.9 Å². The molecule has 2 fully saturated rings. The van der Waals surface area contributed by atoms with Crippen molar-refractivity contribution in [3.63, 3.8) is 0 Å². The van der Waals surface area contributed by atoms with Gasteiger partial charge in [0.1, 0.15) is 0 Å². The third-order valence-electron chi connectivity index (χ3n) is 4.82. The van der Waals surface area contributed by atoms with E-state index in [4.69, 9.17) is 9.47 Å². The van der Waals surface area contributed by atoms with Gasteiger partial charge in [-0.2, -0.15) is 0 Å². The van der Waals surface area contributed by atoms with Crippen molar-refractivity contribution < 1.29 is 9.47 Å². The van der Waals surface area contributed by atoms with Gasteiger partial charge >= 0.3 is 0 Å². The molecule has 0 bridgehead atoms. The second-order valence-electron chi connectivity index (χ2n) is 6.45. The minimum Gasteiger partial charge on any atom is -0.481 e. The second kappa shape index (κ2) is 5.34. The monoisotopic (exact) mass is 276 g/mol. The quantitative estimate of drug-likeness (QED) is 0.917. The Morgan fingerprint density at radius 2 is 2.30 bits per heavy atom. The summed E-state index contributed by atoms with van der Waals surface area (Å²) < 4.78 is 11.1. The minimum absolute atomic E-state index is 0.212. The average molecular weight is 276 g/mol. The van der Waals surface area contributed by atoms with Gasteiger partial charge in [0.2, 0.25) is 5.88 Å². The van der Waals surface area contributed by atoms with E-state index in [1.54, 1.807) is 7.11 Å². The Morgan fingerprint density at radius 1 is 1.45 bits per heavy atom. The van der Waals surface area contributed by atoms with E-state index in [1.165, 1.54) is 12.8 Å². The van der Waals surface area contributed by atoms with Crippen LogP contribution >= 0.6 is 0 Å². The standard InChI is InChI=1S/C16H24N2O2/c1-16(2)14(12-7-5-9-20-15(12)16)17-10-11-6-4-8-13(18-11)19-3/h4,6,8,12,14-15,17H,5,7,9-10H2,1-3H3/t12-,14+,15+/m0/s1. The number of aromatic nitrogens is 1. The molecule has 4 nitrogen and oxygen atoms in total. The summed E-state index contributed by atoms with van der Waals surface area (Å²) >= 11 is 0. The van der Waals surface area contributed by atoms with E-state index in [-0.39, 0.29) is 5.41 Å². The summed E-state index contributed by atoms with van der Waals surface area (Å²) in [6.07, 6.45) is 2.89. The molecule has 1 aliphatic carbocycles. The normalized spacial score (nSPS) is 31.2. The highest BCUT2D eigenvalue weighted by Crippen LogP contribution is 2.51. The minimum atomic E-state index is 0.212. The predicted molar refractivity (Wildman–Crippen MR) is 77.7 cm³/mol. The molecule has 1 N–H and O–H groups in total. The Labute approximate surface area is 120 Å². The summed E-state index contributed by atoms with van der Waals surface area (Å²) in [6, 6.07) is 6.42. The van der Waals surface area contributed by atoms with Gasteiger partial charge in [-0.3, -0.25) is 0 Å². The van der Waals surface area contributed by atoms with Crippen molar-refractivity contribution in [3.05, 3.63) is 23.9 Å². The van der Waals surface area contributed by atoms with Gasteiger partial charge in [-0.15, -0.1) is 0 Å². The van der Waals surface area contributed by atoms with Crippen molar-refractivity contribution in [2.75, 3.05) is 13.7 Å². The molecule has 1 aromatic heterocycles. The van der Waals surface area contributed by atoms with Crippen LogP contribution in [0.3, 0.4) is 0 Å². The molecule has 110 valence electrons. The van der Waals surface area contributed by atoms with Crippen LogP contribution in [0.5, 0.6) is 5.88 Å². The van der Waals surface area contributed by atoms with Crippen LogP contribution in [0.2, 0.25) is 0 Å². The maximum Gasteiger partial charge on any atom is 0.213 e. The van der Waals surface area contributed by atoms with Crippen LogP contribution in [-0.4, -0.2) is 30.8 Å². The summed E-state index contributed by atoms with van der Waals surface area (Å²) in [4.78, 5) is 4.46. The molecule has 4 heteroatoms. The molecule has 0 radical (unpaired) electrons. The molecule has 3 atom stereocenters. The van der Waals surface area contributed by atoms with Crippen molar-refractivity contribution >= 4 is 0 Å². The molecular weight excluding hydrogens is 252 g/mol. The summed E-state index contributed by atoms with van der Waals surface area (Å²) in [5, 5.41) is 3.68. The van der Waals surface area contributed by atoms with E-state index in [0.29, 0.717) is 23.9 Å². The van der Waals surface area contributed by atoms with Crippen molar-refractivity contribution in [1.29, 1.82) is 0 Å². The lowest BCUT2D eigenvalue weighted by Gasteiger charge is -2.60. The summed E-state index contributed by atoms with van der Waals surface area (Å²) in [6.45, 7) is 6.32. The fourth-order valence-corrected chi connectivity index (χ4v) is 3.82. The molecular formula is C16H24N2O2. The number of hydrogen-bond donors (Lipinski definition) is 1. The number of nitrogens with zero attached hydrogens (tertiary/aromatic N) is 1. The topological polar surface area (TPSA) is 43.4 Å². The number of pyridine rings is 1. The third-order valence-corrected chi connectivity index (χ3v) is 4.82. The first kappa shape index (κ1) is 13.8. The lowest BCUT2D eigenvalue weighted by Crippen LogP contribution is -2.69. The van der Waals surface area contributed by atoms with Gasteiger partial charge in [0.05, 0.1) is 18.9 Å². The van der Waals surface area contributed by atoms with Crippen LogP contribution < -0.4 is 10.1 Å². The van der Waals surface area contributed by atoms with Crippen molar-refractivity contribution in [2.24, 2.45) is 11.3 Å². The number of rotatable bonds is 4. The van der Waals surface area contributed by atoms with Crippen molar-refractivity contribution in [2.45, 2.75) is 45.4 Å². The Balaban J connectivity index is 1.63. The molecule has 0 unspecified atom stereocenters. The first-order valence-electron chi connectivity index (χ1n) is 7.48. The molecule has 1 saturated heterocycles. The maximum absolute atomic E-state index is 5.94. The maximum atomic E-state index is 5.94. The Bertz CT molecular complexity index is 475. The smallest absolute Gasteiger partial charge is 0.213 e. The van der Waals surface area contributed by atoms with Gasteiger partial charge in [0.15, 0.2) is 0 Å². The van der Waals surface area contributed by atoms with Crippen LogP contribution in [-0.2, 0) is 11.3 Å². The average Bonchev–Trinajstić information content (AvgIpc) is 2.47. The van der Waals surface area contributed by atoms with E-state index >= 15 is 0 Å². The summed E-state index contributed by atoms with van der Waals surface area (Å²) in [5.74, 6) is 1.33. The third kappa shape index (κ3) is 2.31. The summed E-state index contributed by atoms with van der Waals surface area (Å²) in [5.41, 5.74) is 1.24. The molecule has 20 heavy (non-hydrogen) atoms.